The largest absolute Gasteiger partial charge is 0.330 e. The fraction of sp³-hybridized carbons (Fsp3) is 1.00. The monoisotopic (exact) mass is 170 g/mol. The lowest BCUT2D eigenvalue weighted by Gasteiger charge is -1.94. The summed E-state index contributed by atoms with van der Waals surface area (Å²) in [6.07, 6.45) is 1.12. The predicted octanol–water partition coefficient (Wildman–Crippen LogP) is 0.449. The highest BCUT2D eigenvalue weighted by molar-refractivity contribution is 7.99. The maximum absolute atomic E-state index is 5.27. The van der Waals surface area contributed by atoms with Gasteiger partial charge in [-0.3, -0.25) is 0 Å². The van der Waals surface area contributed by atoms with Gasteiger partial charge in [0.25, 0.3) is 0 Å². The third-order valence-corrected chi connectivity index (χ3v) is 1.86. The summed E-state index contributed by atoms with van der Waals surface area (Å²) in [5, 5.41) is 0. The van der Waals surface area contributed by atoms with Crippen LogP contribution < -0.4 is 11.5 Å². The topological polar surface area (TPSA) is 52.0 Å². The van der Waals surface area contributed by atoms with Crippen molar-refractivity contribution < 1.29 is 0 Å². The molecule has 0 rings (SSSR count). The van der Waals surface area contributed by atoms with Crippen LogP contribution in [-0.2, 0) is 0 Å². The first-order valence-electron chi connectivity index (χ1n) is 2.89. The third-order valence-electron chi connectivity index (χ3n) is 0.755. The highest BCUT2D eigenvalue weighted by Crippen LogP contribution is 1.98. The van der Waals surface area contributed by atoms with Crippen molar-refractivity contribution in [3.8, 4) is 0 Å². The van der Waals surface area contributed by atoms with Crippen LogP contribution in [0.5, 0.6) is 0 Å². The van der Waals surface area contributed by atoms with Crippen molar-refractivity contribution in [3.05, 3.63) is 0 Å². The van der Waals surface area contributed by atoms with Gasteiger partial charge in [-0.2, -0.15) is 11.8 Å². The molecule has 0 aliphatic carbocycles. The fourth-order valence-electron chi connectivity index (χ4n) is 0.371. The Kier molecular flexibility index (Phi) is 15.5. The maximum atomic E-state index is 5.27. The van der Waals surface area contributed by atoms with Crippen molar-refractivity contribution in [1.82, 2.24) is 0 Å². The fourth-order valence-corrected chi connectivity index (χ4v) is 1.11. The second-order valence-electron chi connectivity index (χ2n) is 1.54. The Balaban J connectivity index is 0. The molecule has 2 nitrogen and oxygen atoms in total. The molecule has 0 saturated carbocycles. The standard InChI is InChI=1S/C5H14N2S.ClH/c6-2-1-4-8-5-3-7;/h1-7H2;1H. The van der Waals surface area contributed by atoms with Gasteiger partial charge in [-0.1, -0.05) is 0 Å². The molecule has 0 aliphatic rings. The molecule has 0 fully saturated rings. The molecule has 9 heavy (non-hydrogen) atoms. The van der Waals surface area contributed by atoms with Crippen LogP contribution in [0.1, 0.15) is 6.42 Å². The first-order valence-corrected chi connectivity index (χ1v) is 4.05. The molecule has 0 spiro atoms. The maximum Gasteiger partial charge on any atom is 0.00558 e. The Bertz CT molecular complexity index is 39.9. The van der Waals surface area contributed by atoms with Gasteiger partial charge in [-0.05, 0) is 18.7 Å². The molecule has 0 radical (unpaired) electrons. The van der Waals surface area contributed by atoms with Gasteiger partial charge in [-0.15, -0.1) is 12.4 Å². The number of nitrogens with two attached hydrogens (primary N) is 2. The minimum Gasteiger partial charge on any atom is -0.330 e. The molecule has 0 aliphatic heterocycles. The molecule has 0 heterocycles. The van der Waals surface area contributed by atoms with E-state index in [9.17, 15) is 0 Å². The number of thioether (sulfide) groups is 1. The van der Waals surface area contributed by atoms with Crippen LogP contribution in [-0.4, -0.2) is 24.6 Å². The van der Waals surface area contributed by atoms with Crippen LogP contribution in [0.3, 0.4) is 0 Å². The second-order valence-corrected chi connectivity index (χ2v) is 2.77. The van der Waals surface area contributed by atoms with E-state index in [1.165, 1.54) is 0 Å². The van der Waals surface area contributed by atoms with Crippen molar-refractivity contribution in [2.24, 2.45) is 11.5 Å². The second kappa shape index (κ2) is 11.4. The molecule has 0 saturated heterocycles. The van der Waals surface area contributed by atoms with E-state index >= 15 is 0 Å². The Morgan fingerprint density at radius 2 is 1.67 bits per heavy atom. The lowest BCUT2D eigenvalue weighted by Crippen LogP contribution is -2.04. The van der Waals surface area contributed by atoms with E-state index in [-0.39, 0.29) is 12.4 Å². The van der Waals surface area contributed by atoms with Crippen molar-refractivity contribution >= 4 is 24.2 Å². The van der Waals surface area contributed by atoms with E-state index < -0.39 is 0 Å². The van der Waals surface area contributed by atoms with Gasteiger partial charge in [-0.25, -0.2) is 0 Å². The van der Waals surface area contributed by atoms with E-state index in [1.807, 2.05) is 11.8 Å². The van der Waals surface area contributed by atoms with Crippen LogP contribution in [0.25, 0.3) is 0 Å². The normalized spacial score (nSPS) is 8.67. The summed E-state index contributed by atoms with van der Waals surface area (Å²) in [6, 6.07) is 0. The average Bonchev–Trinajstić information content (AvgIpc) is 1.81. The molecular weight excluding hydrogens is 156 g/mol. The molecule has 58 valence electrons. The molecule has 0 aromatic heterocycles. The summed E-state index contributed by atoms with van der Waals surface area (Å²) in [5.74, 6) is 2.23. The number of rotatable bonds is 5. The summed E-state index contributed by atoms with van der Waals surface area (Å²) in [6.45, 7) is 1.59. The van der Waals surface area contributed by atoms with E-state index in [1.54, 1.807) is 0 Å². The van der Waals surface area contributed by atoms with E-state index in [4.69, 9.17) is 11.5 Å². The van der Waals surface area contributed by atoms with Crippen LogP contribution >= 0.6 is 24.2 Å². The Hall–Kier alpha value is 0.560. The van der Waals surface area contributed by atoms with Gasteiger partial charge in [0.2, 0.25) is 0 Å². The minimum absolute atomic E-state index is 0. The molecule has 0 aromatic rings. The van der Waals surface area contributed by atoms with Gasteiger partial charge < -0.3 is 11.5 Å². The lowest BCUT2D eigenvalue weighted by molar-refractivity contribution is 0.942. The van der Waals surface area contributed by atoms with Gasteiger partial charge in [0.05, 0.1) is 0 Å². The number of halogens is 1. The minimum atomic E-state index is 0. The zero-order chi connectivity index (χ0) is 6.24. The zero-order valence-electron chi connectivity index (χ0n) is 5.51. The number of hydrogen-bond acceptors (Lipinski definition) is 3. The molecule has 0 unspecified atom stereocenters. The first-order chi connectivity index (χ1) is 3.91. The van der Waals surface area contributed by atoms with Crippen LogP contribution in [0.2, 0.25) is 0 Å². The van der Waals surface area contributed by atoms with Crippen LogP contribution in [0, 0.1) is 0 Å². The molecule has 4 N–H and O–H groups in total. The van der Waals surface area contributed by atoms with Crippen molar-refractivity contribution in [2.75, 3.05) is 24.6 Å². The number of hydrogen-bond donors (Lipinski definition) is 2. The van der Waals surface area contributed by atoms with Crippen molar-refractivity contribution in [1.29, 1.82) is 0 Å². The van der Waals surface area contributed by atoms with Gasteiger partial charge >= 0.3 is 0 Å². The van der Waals surface area contributed by atoms with E-state index in [0.717, 1.165) is 31.0 Å². The highest BCUT2D eigenvalue weighted by atomic mass is 35.5. The molecule has 4 heteroatoms. The van der Waals surface area contributed by atoms with Crippen molar-refractivity contribution in [3.63, 3.8) is 0 Å². The van der Waals surface area contributed by atoms with E-state index in [0.29, 0.717) is 0 Å². The molecular formula is C5H15ClN2S. The molecule has 0 aromatic carbocycles. The lowest BCUT2D eigenvalue weighted by atomic mass is 10.5. The zero-order valence-corrected chi connectivity index (χ0v) is 7.14. The first kappa shape index (κ1) is 12.3. The van der Waals surface area contributed by atoms with Gasteiger partial charge in [0.1, 0.15) is 0 Å². The smallest absolute Gasteiger partial charge is 0.00558 e. The van der Waals surface area contributed by atoms with E-state index in [2.05, 4.69) is 0 Å². The third kappa shape index (κ3) is 11.9. The predicted molar refractivity (Wildman–Crippen MR) is 47.3 cm³/mol. The summed E-state index contributed by atoms with van der Waals surface area (Å²) in [4.78, 5) is 0. The molecule has 0 amide bonds. The Morgan fingerprint density at radius 3 is 2.11 bits per heavy atom. The average molecular weight is 171 g/mol. The summed E-state index contributed by atoms with van der Waals surface area (Å²) < 4.78 is 0. The van der Waals surface area contributed by atoms with Crippen LogP contribution in [0.15, 0.2) is 0 Å². The molecule has 0 atom stereocenters. The summed E-state index contributed by atoms with van der Waals surface area (Å²) >= 11 is 1.87. The quantitative estimate of drug-likeness (QED) is 0.590. The van der Waals surface area contributed by atoms with Crippen molar-refractivity contribution in [2.45, 2.75) is 6.42 Å². The molecule has 0 bridgehead atoms. The van der Waals surface area contributed by atoms with Crippen LogP contribution in [0.4, 0.5) is 0 Å². The van der Waals surface area contributed by atoms with Gasteiger partial charge in [0.15, 0.2) is 0 Å². The summed E-state index contributed by atoms with van der Waals surface area (Å²) in [5.41, 5.74) is 10.5. The summed E-state index contributed by atoms with van der Waals surface area (Å²) in [7, 11) is 0. The Morgan fingerprint density at radius 1 is 1.00 bits per heavy atom. The highest BCUT2D eigenvalue weighted by Gasteiger charge is 1.83. The van der Waals surface area contributed by atoms with Gasteiger partial charge in [0, 0.05) is 12.3 Å². The Labute approximate surface area is 67.2 Å². The SMILES string of the molecule is Cl.NCCCSCCN.